The number of benzene rings is 1. The van der Waals surface area contributed by atoms with Gasteiger partial charge in [-0.15, -0.1) is 11.3 Å². The summed E-state index contributed by atoms with van der Waals surface area (Å²) in [6.07, 6.45) is 0.409. The van der Waals surface area contributed by atoms with Crippen molar-refractivity contribution in [3.8, 4) is 11.3 Å². The molecule has 0 saturated carbocycles. The molecule has 19 heavy (non-hydrogen) atoms. The van der Waals surface area contributed by atoms with Crippen LogP contribution in [0.5, 0.6) is 0 Å². The molecule has 1 aliphatic heterocycles. The molecule has 2 N–H and O–H groups in total. The molecule has 0 bridgehead atoms. The number of nitrogens with zero attached hydrogens (tertiary/aromatic N) is 2. The molecule has 1 saturated heterocycles. The van der Waals surface area contributed by atoms with Crippen molar-refractivity contribution in [3.63, 3.8) is 0 Å². The van der Waals surface area contributed by atoms with E-state index in [1.54, 1.807) is 4.90 Å². The van der Waals surface area contributed by atoms with Crippen molar-refractivity contribution >= 4 is 38.3 Å². The molecule has 1 aromatic heterocycles. The zero-order chi connectivity index (χ0) is 13.4. The van der Waals surface area contributed by atoms with Gasteiger partial charge >= 0.3 is 0 Å². The standard InChI is InChI=1S/C13H12BrN3OS/c14-9-3-1-2-8(4-9)11-7-19-13(16-11)17-6-10(15)5-12(17)18/h1-4,7,10H,5-6,15H2. The third-order valence-electron chi connectivity index (χ3n) is 3.00. The van der Waals surface area contributed by atoms with E-state index in [-0.39, 0.29) is 11.9 Å². The molecule has 3 rings (SSSR count). The zero-order valence-corrected chi connectivity index (χ0v) is 12.4. The first-order valence-corrected chi connectivity index (χ1v) is 7.58. The average Bonchev–Trinajstić information content (AvgIpc) is 2.96. The monoisotopic (exact) mass is 337 g/mol. The Bertz CT molecular complexity index is 628. The van der Waals surface area contributed by atoms with Crippen LogP contribution in [-0.2, 0) is 4.79 Å². The zero-order valence-electron chi connectivity index (χ0n) is 10.0. The summed E-state index contributed by atoms with van der Waals surface area (Å²) in [5.74, 6) is 0.0580. The lowest BCUT2D eigenvalue weighted by atomic mass is 10.2. The van der Waals surface area contributed by atoms with E-state index in [0.717, 1.165) is 20.9 Å². The highest BCUT2D eigenvalue weighted by Gasteiger charge is 2.29. The van der Waals surface area contributed by atoms with Gasteiger partial charge in [-0.2, -0.15) is 0 Å². The Kier molecular flexibility index (Phi) is 3.38. The number of rotatable bonds is 2. The van der Waals surface area contributed by atoms with Crippen LogP contribution < -0.4 is 10.6 Å². The topological polar surface area (TPSA) is 59.2 Å². The molecular formula is C13H12BrN3OS. The van der Waals surface area contributed by atoms with E-state index in [1.807, 2.05) is 29.6 Å². The van der Waals surface area contributed by atoms with E-state index in [2.05, 4.69) is 20.9 Å². The van der Waals surface area contributed by atoms with Crippen molar-refractivity contribution in [2.75, 3.05) is 11.4 Å². The van der Waals surface area contributed by atoms with Gasteiger partial charge in [0.15, 0.2) is 5.13 Å². The molecule has 2 heterocycles. The third-order valence-corrected chi connectivity index (χ3v) is 4.36. The first kappa shape index (κ1) is 12.8. The maximum Gasteiger partial charge on any atom is 0.230 e. The van der Waals surface area contributed by atoms with Crippen molar-refractivity contribution in [1.29, 1.82) is 0 Å². The summed E-state index contributed by atoms with van der Waals surface area (Å²) in [7, 11) is 0. The molecule has 98 valence electrons. The molecule has 1 fully saturated rings. The highest BCUT2D eigenvalue weighted by molar-refractivity contribution is 9.10. The van der Waals surface area contributed by atoms with Crippen LogP contribution in [0.1, 0.15) is 6.42 Å². The Morgan fingerprint density at radius 1 is 1.47 bits per heavy atom. The molecule has 1 atom stereocenters. The smallest absolute Gasteiger partial charge is 0.230 e. The van der Waals surface area contributed by atoms with E-state index in [9.17, 15) is 4.79 Å². The van der Waals surface area contributed by atoms with Crippen LogP contribution in [-0.4, -0.2) is 23.5 Å². The van der Waals surface area contributed by atoms with Crippen molar-refractivity contribution in [1.82, 2.24) is 4.98 Å². The first-order valence-electron chi connectivity index (χ1n) is 5.91. The van der Waals surface area contributed by atoms with Gasteiger partial charge in [0.2, 0.25) is 5.91 Å². The van der Waals surface area contributed by atoms with Crippen molar-refractivity contribution < 1.29 is 4.79 Å². The van der Waals surface area contributed by atoms with Crippen LogP contribution in [0.2, 0.25) is 0 Å². The fraction of sp³-hybridized carbons (Fsp3) is 0.231. The maximum absolute atomic E-state index is 11.8. The normalized spacial score (nSPS) is 19.2. The van der Waals surface area contributed by atoms with Gasteiger partial charge < -0.3 is 5.73 Å². The van der Waals surface area contributed by atoms with Gasteiger partial charge in [0.25, 0.3) is 0 Å². The lowest BCUT2D eigenvalue weighted by Crippen LogP contribution is -2.27. The summed E-state index contributed by atoms with van der Waals surface area (Å²) in [5, 5.41) is 2.70. The Labute approximate surface area is 123 Å². The Hall–Kier alpha value is -1.24. The molecule has 0 aliphatic carbocycles. The summed E-state index contributed by atoms with van der Waals surface area (Å²) < 4.78 is 1.01. The summed E-state index contributed by atoms with van der Waals surface area (Å²) >= 11 is 4.92. The largest absolute Gasteiger partial charge is 0.326 e. The Balaban J connectivity index is 1.90. The molecule has 1 aromatic carbocycles. The van der Waals surface area contributed by atoms with Gasteiger partial charge in [-0.25, -0.2) is 4.98 Å². The quantitative estimate of drug-likeness (QED) is 0.916. The lowest BCUT2D eigenvalue weighted by molar-refractivity contribution is -0.117. The van der Waals surface area contributed by atoms with Crippen molar-refractivity contribution in [2.24, 2.45) is 5.73 Å². The van der Waals surface area contributed by atoms with E-state index in [0.29, 0.717) is 13.0 Å². The second-order valence-corrected chi connectivity index (χ2v) is 6.25. The molecule has 2 aromatic rings. The summed E-state index contributed by atoms with van der Waals surface area (Å²) in [5.41, 5.74) is 7.72. The lowest BCUT2D eigenvalue weighted by Gasteiger charge is -2.11. The fourth-order valence-corrected chi connectivity index (χ4v) is 3.35. The molecule has 1 aliphatic rings. The van der Waals surface area contributed by atoms with E-state index >= 15 is 0 Å². The highest BCUT2D eigenvalue weighted by Crippen LogP contribution is 2.30. The molecule has 0 radical (unpaired) electrons. The van der Waals surface area contributed by atoms with Gasteiger partial charge in [-0.3, -0.25) is 9.69 Å². The van der Waals surface area contributed by atoms with Crippen LogP contribution in [0.25, 0.3) is 11.3 Å². The van der Waals surface area contributed by atoms with Crippen molar-refractivity contribution in [3.05, 3.63) is 34.1 Å². The van der Waals surface area contributed by atoms with E-state index in [1.165, 1.54) is 11.3 Å². The van der Waals surface area contributed by atoms with Gasteiger partial charge in [0, 0.05) is 34.4 Å². The van der Waals surface area contributed by atoms with Crippen LogP contribution in [0.3, 0.4) is 0 Å². The second kappa shape index (κ2) is 5.03. The number of halogens is 1. The number of aromatic nitrogens is 1. The number of hydrogen-bond donors (Lipinski definition) is 1. The van der Waals surface area contributed by atoms with Crippen molar-refractivity contribution in [2.45, 2.75) is 12.5 Å². The van der Waals surface area contributed by atoms with Crippen LogP contribution in [0, 0.1) is 0 Å². The number of carbonyl (C=O) groups is 1. The predicted molar refractivity (Wildman–Crippen MR) is 80.2 cm³/mol. The minimum absolute atomic E-state index is 0.0580. The first-order chi connectivity index (χ1) is 9.13. The molecule has 4 nitrogen and oxygen atoms in total. The van der Waals surface area contributed by atoms with Crippen LogP contribution >= 0.6 is 27.3 Å². The number of thiazole rings is 1. The summed E-state index contributed by atoms with van der Waals surface area (Å²) in [6, 6.07) is 7.87. The Morgan fingerprint density at radius 2 is 2.32 bits per heavy atom. The summed E-state index contributed by atoms with van der Waals surface area (Å²) in [4.78, 5) is 18.0. The van der Waals surface area contributed by atoms with Gasteiger partial charge in [-0.05, 0) is 12.1 Å². The number of hydrogen-bond acceptors (Lipinski definition) is 4. The van der Waals surface area contributed by atoms with Gasteiger partial charge in [0.1, 0.15) is 0 Å². The summed E-state index contributed by atoms with van der Waals surface area (Å²) in [6.45, 7) is 0.560. The molecule has 1 unspecified atom stereocenters. The third kappa shape index (κ3) is 2.56. The predicted octanol–water partition coefficient (Wildman–Crippen LogP) is 2.64. The van der Waals surface area contributed by atoms with E-state index in [4.69, 9.17) is 5.73 Å². The molecule has 0 spiro atoms. The number of amides is 1. The van der Waals surface area contributed by atoms with Crippen LogP contribution in [0.15, 0.2) is 34.1 Å². The minimum Gasteiger partial charge on any atom is -0.326 e. The Morgan fingerprint density at radius 3 is 3.00 bits per heavy atom. The van der Waals surface area contributed by atoms with Gasteiger partial charge in [0.05, 0.1) is 5.69 Å². The van der Waals surface area contributed by atoms with E-state index < -0.39 is 0 Å². The molecule has 6 heteroatoms. The molecular weight excluding hydrogens is 326 g/mol. The number of anilines is 1. The minimum atomic E-state index is -0.0780. The number of carbonyl (C=O) groups excluding carboxylic acids is 1. The van der Waals surface area contributed by atoms with Gasteiger partial charge in [-0.1, -0.05) is 28.1 Å². The van der Waals surface area contributed by atoms with Crippen LogP contribution in [0.4, 0.5) is 5.13 Å². The fourth-order valence-electron chi connectivity index (χ4n) is 2.09. The average molecular weight is 338 g/mol. The maximum atomic E-state index is 11.8. The molecule has 1 amide bonds. The SMILES string of the molecule is NC1CC(=O)N(c2nc(-c3cccc(Br)c3)cs2)C1. The number of nitrogens with two attached hydrogens (primary N) is 1. The highest BCUT2D eigenvalue weighted by atomic mass is 79.9. The second-order valence-electron chi connectivity index (χ2n) is 4.49.